The molecule has 1 saturated heterocycles. The van der Waals surface area contributed by atoms with Crippen molar-refractivity contribution in [3.8, 4) is 0 Å². The van der Waals surface area contributed by atoms with Gasteiger partial charge in [0.25, 0.3) is 5.56 Å². The Labute approximate surface area is 178 Å². The Hall–Kier alpha value is -3.21. The molecule has 1 aliphatic rings. The van der Waals surface area contributed by atoms with Gasteiger partial charge in [-0.3, -0.25) is 18.7 Å². The highest BCUT2D eigenvalue weighted by molar-refractivity contribution is 7.91. The number of hydrogen-bond donors (Lipinski definition) is 0. The summed E-state index contributed by atoms with van der Waals surface area (Å²) in [5, 5.41) is 0. The average molecular weight is 446 g/mol. The van der Waals surface area contributed by atoms with E-state index in [0.717, 1.165) is 10.1 Å². The van der Waals surface area contributed by atoms with Crippen LogP contribution in [0.5, 0.6) is 0 Å². The highest BCUT2D eigenvalue weighted by Gasteiger charge is 2.35. The van der Waals surface area contributed by atoms with Crippen molar-refractivity contribution in [1.82, 2.24) is 23.6 Å². The van der Waals surface area contributed by atoms with Gasteiger partial charge in [-0.1, -0.05) is 30.3 Å². The number of amides is 1. The Morgan fingerprint density at radius 1 is 1.16 bits per heavy atom. The molecule has 0 saturated carbocycles. The van der Waals surface area contributed by atoms with Crippen LogP contribution < -0.4 is 11.2 Å². The van der Waals surface area contributed by atoms with Gasteiger partial charge in [-0.2, -0.15) is 0 Å². The van der Waals surface area contributed by atoms with Crippen molar-refractivity contribution in [3.63, 3.8) is 0 Å². The largest absolute Gasteiger partial charge is 0.333 e. The van der Waals surface area contributed by atoms with Crippen LogP contribution in [0.15, 0.2) is 46.2 Å². The molecule has 2 aromatic heterocycles. The minimum Gasteiger partial charge on any atom is -0.333 e. The van der Waals surface area contributed by atoms with Gasteiger partial charge in [0.2, 0.25) is 5.91 Å². The van der Waals surface area contributed by atoms with Crippen molar-refractivity contribution in [1.29, 1.82) is 0 Å². The van der Waals surface area contributed by atoms with Gasteiger partial charge in [0, 0.05) is 26.7 Å². The molecule has 1 atom stereocenters. The molecular weight excluding hydrogens is 422 g/mol. The predicted octanol–water partition coefficient (Wildman–Crippen LogP) is -0.350. The maximum absolute atomic E-state index is 13.3. The summed E-state index contributed by atoms with van der Waals surface area (Å²) >= 11 is 0. The number of rotatable bonds is 5. The molecule has 31 heavy (non-hydrogen) atoms. The third-order valence-electron chi connectivity index (χ3n) is 5.69. The topological polar surface area (TPSA) is 116 Å². The normalized spacial score (nSPS) is 17.8. The fourth-order valence-corrected chi connectivity index (χ4v) is 5.71. The molecule has 0 bridgehead atoms. The van der Waals surface area contributed by atoms with Gasteiger partial charge < -0.3 is 9.47 Å². The lowest BCUT2D eigenvalue weighted by Crippen LogP contribution is -2.43. The minimum atomic E-state index is -3.19. The summed E-state index contributed by atoms with van der Waals surface area (Å²) in [6, 6.07) is 8.91. The van der Waals surface area contributed by atoms with E-state index in [2.05, 4.69) is 4.98 Å². The Balaban J connectivity index is 1.70. The van der Waals surface area contributed by atoms with Crippen LogP contribution in [0, 0.1) is 0 Å². The number of imidazole rings is 1. The Morgan fingerprint density at radius 2 is 1.87 bits per heavy atom. The highest BCUT2D eigenvalue weighted by atomic mass is 32.2. The summed E-state index contributed by atoms with van der Waals surface area (Å²) in [5.74, 6) is -0.347. The molecule has 1 fully saturated rings. The SMILES string of the molecule is Cn1c(=O)c2c(ncn2CC(=O)N(Cc2ccccc2)C2CCS(=O)(=O)C2)n(C)c1=O. The van der Waals surface area contributed by atoms with Crippen LogP contribution in [0.25, 0.3) is 11.2 Å². The van der Waals surface area contributed by atoms with Crippen LogP contribution >= 0.6 is 0 Å². The van der Waals surface area contributed by atoms with Crippen LogP contribution in [-0.2, 0) is 41.8 Å². The first kappa shape index (κ1) is 21.0. The third kappa shape index (κ3) is 3.92. The molecule has 0 spiro atoms. The average Bonchev–Trinajstić information content (AvgIpc) is 3.32. The van der Waals surface area contributed by atoms with Crippen LogP contribution in [0.2, 0.25) is 0 Å². The molecule has 1 aromatic carbocycles. The van der Waals surface area contributed by atoms with E-state index in [9.17, 15) is 22.8 Å². The molecule has 0 radical (unpaired) electrons. The zero-order valence-corrected chi connectivity index (χ0v) is 18.1. The van der Waals surface area contributed by atoms with Gasteiger partial charge in [0.15, 0.2) is 21.0 Å². The van der Waals surface area contributed by atoms with Gasteiger partial charge in [-0.25, -0.2) is 18.2 Å². The van der Waals surface area contributed by atoms with E-state index >= 15 is 0 Å². The van der Waals surface area contributed by atoms with Crippen molar-refractivity contribution >= 4 is 26.9 Å². The Bertz CT molecular complexity index is 1370. The number of hydrogen-bond acceptors (Lipinski definition) is 6. The van der Waals surface area contributed by atoms with E-state index in [1.54, 1.807) is 4.90 Å². The number of nitrogens with zero attached hydrogens (tertiary/aromatic N) is 5. The first-order valence-electron chi connectivity index (χ1n) is 9.82. The lowest BCUT2D eigenvalue weighted by Gasteiger charge is -2.28. The van der Waals surface area contributed by atoms with Gasteiger partial charge in [-0.15, -0.1) is 0 Å². The minimum absolute atomic E-state index is 0.0485. The van der Waals surface area contributed by atoms with Crippen LogP contribution in [0.1, 0.15) is 12.0 Å². The number of sulfone groups is 1. The number of aryl methyl sites for hydroxylation is 1. The molecule has 3 aromatic rings. The smallest absolute Gasteiger partial charge is 0.332 e. The number of carbonyl (C=O) groups is 1. The lowest BCUT2D eigenvalue weighted by molar-refractivity contribution is -0.134. The fourth-order valence-electron chi connectivity index (χ4n) is 3.98. The van der Waals surface area contributed by atoms with Crippen LogP contribution in [0.4, 0.5) is 0 Å². The molecule has 164 valence electrons. The molecule has 3 heterocycles. The molecular formula is C20H23N5O5S. The first-order valence-corrected chi connectivity index (χ1v) is 11.6. The molecule has 1 unspecified atom stereocenters. The summed E-state index contributed by atoms with van der Waals surface area (Å²) in [5.41, 5.74) is 0.182. The van der Waals surface area contributed by atoms with E-state index in [0.29, 0.717) is 6.42 Å². The van der Waals surface area contributed by atoms with Crippen molar-refractivity contribution in [3.05, 3.63) is 63.1 Å². The van der Waals surface area contributed by atoms with E-state index in [4.69, 9.17) is 0 Å². The summed E-state index contributed by atoms with van der Waals surface area (Å²) < 4.78 is 27.7. The van der Waals surface area contributed by atoms with E-state index in [-0.39, 0.29) is 41.7 Å². The monoisotopic (exact) mass is 445 g/mol. The lowest BCUT2D eigenvalue weighted by atomic mass is 10.1. The first-order chi connectivity index (χ1) is 14.7. The predicted molar refractivity (Wildman–Crippen MR) is 114 cm³/mol. The Morgan fingerprint density at radius 3 is 2.52 bits per heavy atom. The molecule has 0 aliphatic carbocycles. The number of carbonyl (C=O) groups excluding carboxylic acids is 1. The quantitative estimate of drug-likeness (QED) is 0.530. The van der Waals surface area contributed by atoms with Crippen molar-refractivity contribution in [2.24, 2.45) is 14.1 Å². The fraction of sp³-hybridized carbons (Fsp3) is 0.400. The molecule has 0 N–H and O–H groups in total. The molecule has 4 rings (SSSR count). The molecule has 10 nitrogen and oxygen atoms in total. The number of fused-ring (bicyclic) bond motifs is 1. The maximum atomic E-state index is 13.3. The van der Waals surface area contributed by atoms with Gasteiger partial charge in [0.1, 0.15) is 6.54 Å². The second kappa shape index (κ2) is 7.80. The zero-order valence-electron chi connectivity index (χ0n) is 17.3. The van der Waals surface area contributed by atoms with E-state index in [1.807, 2.05) is 30.3 Å². The standard InChI is InChI=1S/C20H23N5O5S/c1-22-18-17(19(27)23(2)20(22)28)24(13-21-18)11-16(26)25(10-14-6-4-3-5-7-14)15-8-9-31(29,30)12-15/h3-7,13,15H,8-12H2,1-2H3. The van der Waals surface area contributed by atoms with Gasteiger partial charge in [-0.05, 0) is 12.0 Å². The number of benzene rings is 1. The third-order valence-corrected chi connectivity index (χ3v) is 7.44. The summed E-state index contributed by atoms with van der Waals surface area (Å²) in [7, 11) is -0.312. The van der Waals surface area contributed by atoms with Gasteiger partial charge in [0.05, 0.1) is 17.8 Å². The summed E-state index contributed by atoms with van der Waals surface area (Å²) in [6.07, 6.45) is 1.73. The zero-order chi connectivity index (χ0) is 22.3. The van der Waals surface area contributed by atoms with Crippen molar-refractivity contribution in [2.75, 3.05) is 11.5 Å². The summed E-state index contributed by atoms with van der Waals surface area (Å²) in [6.45, 7) is 0.0797. The van der Waals surface area contributed by atoms with Crippen molar-refractivity contribution in [2.45, 2.75) is 25.6 Å². The van der Waals surface area contributed by atoms with Crippen molar-refractivity contribution < 1.29 is 13.2 Å². The maximum Gasteiger partial charge on any atom is 0.332 e. The second-order valence-corrected chi connectivity index (χ2v) is 10.0. The molecule has 1 aliphatic heterocycles. The van der Waals surface area contributed by atoms with E-state index < -0.39 is 27.1 Å². The van der Waals surface area contributed by atoms with Gasteiger partial charge >= 0.3 is 5.69 Å². The van der Waals surface area contributed by atoms with Crippen LogP contribution in [-0.4, -0.2) is 55.5 Å². The summed E-state index contributed by atoms with van der Waals surface area (Å²) in [4.78, 5) is 43.8. The second-order valence-electron chi connectivity index (χ2n) is 7.81. The number of aromatic nitrogens is 4. The highest BCUT2D eigenvalue weighted by Crippen LogP contribution is 2.21. The van der Waals surface area contributed by atoms with Crippen LogP contribution in [0.3, 0.4) is 0 Å². The molecule has 11 heteroatoms. The van der Waals surface area contributed by atoms with E-state index in [1.165, 1.54) is 29.6 Å². The molecule has 1 amide bonds. The Kier molecular flexibility index (Phi) is 5.29.